The summed E-state index contributed by atoms with van der Waals surface area (Å²) in [7, 11) is 0. The van der Waals surface area contributed by atoms with E-state index in [1.807, 2.05) is 42.5 Å². The zero-order chi connectivity index (χ0) is 15.1. The van der Waals surface area contributed by atoms with Gasteiger partial charge >= 0.3 is 0 Å². The van der Waals surface area contributed by atoms with Crippen LogP contribution in [0.4, 0.5) is 0 Å². The van der Waals surface area contributed by atoms with E-state index in [-0.39, 0.29) is 0 Å². The highest BCUT2D eigenvalue weighted by atomic mass is 35.5. The van der Waals surface area contributed by atoms with Gasteiger partial charge in [-0.3, -0.25) is 0 Å². The molecule has 1 aliphatic carbocycles. The number of hydrogen-bond acceptors (Lipinski definition) is 2. The molecule has 0 unspecified atom stereocenters. The van der Waals surface area contributed by atoms with E-state index in [2.05, 4.69) is 10.6 Å². The molecule has 0 saturated heterocycles. The van der Waals surface area contributed by atoms with Crippen LogP contribution in [0, 0.1) is 11.3 Å². The molecule has 4 rings (SSSR count). The van der Waals surface area contributed by atoms with E-state index in [4.69, 9.17) is 21.8 Å². The molecule has 2 aromatic carbocycles. The number of nitrogens with zero attached hydrogens (tertiary/aromatic N) is 3. The third kappa shape index (κ3) is 2.26. The minimum absolute atomic E-state index is 0.542. The maximum Gasteiger partial charge on any atom is 0.113 e. The highest BCUT2D eigenvalue weighted by Crippen LogP contribution is 2.41. The standard InChI is InChI=1S/C18H14ClN3/c19-15-4-2-1-3-14(15)11-22-17-9-12(10-20)5-8-16(17)21-18(22)13-6-7-13/h1-5,8-9,13H,6-7,11H2. The van der Waals surface area contributed by atoms with Gasteiger partial charge in [0.2, 0.25) is 0 Å². The van der Waals surface area contributed by atoms with E-state index in [0.29, 0.717) is 18.0 Å². The van der Waals surface area contributed by atoms with Crippen molar-refractivity contribution in [3.05, 3.63) is 64.4 Å². The Morgan fingerprint density at radius 3 is 2.77 bits per heavy atom. The Labute approximate surface area is 133 Å². The molecule has 0 radical (unpaired) electrons. The molecule has 0 amide bonds. The summed E-state index contributed by atoms with van der Waals surface area (Å²) in [5.74, 6) is 1.66. The molecule has 22 heavy (non-hydrogen) atoms. The lowest BCUT2D eigenvalue weighted by Crippen LogP contribution is -2.04. The quantitative estimate of drug-likeness (QED) is 0.715. The summed E-state index contributed by atoms with van der Waals surface area (Å²) in [6, 6.07) is 15.8. The fraction of sp³-hybridized carbons (Fsp3) is 0.222. The number of hydrogen-bond donors (Lipinski definition) is 0. The van der Waals surface area contributed by atoms with Crippen molar-refractivity contribution >= 4 is 22.6 Å². The molecule has 0 bridgehead atoms. The van der Waals surface area contributed by atoms with Crippen molar-refractivity contribution in [1.82, 2.24) is 9.55 Å². The highest BCUT2D eigenvalue weighted by molar-refractivity contribution is 6.31. The van der Waals surface area contributed by atoms with E-state index < -0.39 is 0 Å². The van der Waals surface area contributed by atoms with Crippen LogP contribution in [-0.2, 0) is 6.54 Å². The van der Waals surface area contributed by atoms with Crippen molar-refractivity contribution in [3.63, 3.8) is 0 Å². The molecule has 108 valence electrons. The summed E-state index contributed by atoms with van der Waals surface area (Å²) in [5, 5.41) is 9.92. The lowest BCUT2D eigenvalue weighted by Gasteiger charge is -2.10. The monoisotopic (exact) mass is 307 g/mol. The number of benzene rings is 2. The van der Waals surface area contributed by atoms with Gasteiger partial charge in [-0.1, -0.05) is 29.8 Å². The molecular formula is C18H14ClN3. The molecule has 1 aliphatic rings. The van der Waals surface area contributed by atoms with Gasteiger partial charge in [-0.05, 0) is 42.7 Å². The van der Waals surface area contributed by atoms with Crippen molar-refractivity contribution < 1.29 is 0 Å². The Kier molecular flexibility index (Phi) is 3.13. The zero-order valence-corrected chi connectivity index (χ0v) is 12.7. The molecule has 1 fully saturated rings. The van der Waals surface area contributed by atoms with Gasteiger partial charge in [-0.15, -0.1) is 0 Å². The average Bonchev–Trinajstić information content (AvgIpc) is 3.32. The van der Waals surface area contributed by atoms with Crippen molar-refractivity contribution in [2.75, 3.05) is 0 Å². The van der Waals surface area contributed by atoms with Crippen LogP contribution in [0.15, 0.2) is 42.5 Å². The average molecular weight is 308 g/mol. The Morgan fingerprint density at radius 2 is 2.05 bits per heavy atom. The number of nitriles is 1. The second-order valence-corrected chi connectivity index (χ2v) is 6.14. The maximum absolute atomic E-state index is 9.15. The van der Waals surface area contributed by atoms with Gasteiger partial charge in [0.05, 0.1) is 29.2 Å². The van der Waals surface area contributed by atoms with E-state index >= 15 is 0 Å². The second kappa shape index (κ2) is 5.15. The summed E-state index contributed by atoms with van der Waals surface area (Å²) >= 11 is 6.31. The lowest BCUT2D eigenvalue weighted by molar-refractivity contribution is 0.747. The zero-order valence-electron chi connectivity index (χ0n) is 12.0. The van der Waals surface area contributed by atoms with Gasteiger partial charge in [0, 0.05) is 10.9 Å². The van der Waals surface area contributed by atoms with E-state index in [0.717, 1.165) is 27.4 Å². The van der Waals surface area contributed by atoms with E-state index in [1.165, 1.54) is 12.8 Å². The van der Waals surface area contributed by atoms with Crippen LogP contribution in [-0.4, -0.2) is 9.55 Å². The third-order valence-electron chi connectivity index (χ3n) is 4.14. The summed E-state index contributed by atoms with van der Waals surface area (Å²) < 4.78 is 2.22. The number of fused-ring (bicyclic) bond motifs is 1. The summed E-state index contributed by atoms with van der Waals surface area (Å²) in [6.07, 6.45) is 2.38. The SMILES string of the molecule is N#Cc1ccc2nc(C3CC3)n(Cc3ccccc3Cl)c2c1. The number of aromatic nitrogens is 2. The van der Waals surface area contributed by atoms with Crippen LogP contribution >= 0.6 is 11.6 Å². The highest BCUT2D eigenvalue weighted by Gasteiger charge is 2.29. The van der Waals surface area contributed by atoms with Crippen molar-refractivity contribution in [2.45, 2.75) is 25.3 Å². The van der Waals surface area contributed by atoms with Gasteiger partial charge in [0.1, 0.15) is 5.82 Å². The van der Waals surface area contributed by atoms with Gasteiger partial charge in [-0.25, -0.2) is 4.98 Å². The van der Waals surface area contributed by atoms with Crippen molar-refractivity contribution in [2.24, 2.45) is 0 Å². The minimum atomic E-state index is 0.542. The molecule has 0 aliphatic heterocycles. The molecule has 0 N–H and O–H groups in total. The molecular weight excluding hydrogens is 294 g/mol. The fourth-order valence-corrected chi connectivity index (χ4v) is 3.02. The first-order chi connectivity index (χ1) is 10.8. The Balaban J connectivity index is 1.88. The molecule has 1 heterocycles. The smallest absolute Gasteiger partial charge is 0.113 e. The Morgan fingerprint density at radius 1 is 1.23 bits per heavy atom. The van der Waals surface area contributed by atoms with Crippen LogP contribution in [0.3, 0.4) is 0 Å². The van der Waals surface area contributed by atoms with Crippen LogP contribution < -0.4 is 0 Å². The van der Waals surface area contributed by atoms with Gasteiger partial charge in [0.15, 0.2) is 0 Å². The predicted molar refractivity (Wildman–Crippen MR) is 87.0 cm³/mol. The molecule has 3 nitrogen and oxygen atoms in total. The largest absolute Gasteiger partial charge is 0.323 e. The van der Waals surface area contributed by atoms with Gasteiger partial charge in [-0.2, -0.15) is 5.26 Å². The normalized spacial score (nSPS) is 14.2. The van der Waals surface area contributed by atoms with Crippen LogP contribution in [0.2, 0.25) is 5.02 Å². The van der Waals surface area contributed by atoms with Crippen molar-refractivity contribution in [3.8, 4) is 6.07 Å². The number of rotatable bonds is 3. The first kappa shape index (κ1) is 13.4. The summed E-state index contributed by atoms with van der Waals surface area (Å²) in [5.41, 5.74) is 3.71. The van der Waals surface area contributed by atoms with Gasteiger partial charge < -0.3 is 4.57 Å². The molecule has 4 heteroatoms. The minimum Gasteiger partial charge on any atom is -0.323 e. The number of halogens is 1. The van der Waals surface area contributed by atoms with Crippen LogP contribution in [0.1, 0.15) is 35.7 Å². The fourth-order valence-electron chi connectivity index (χ4n) is 2.83. The summed E-state index contributed by atoms with van der Waals surface area (Å²) in [4.78, 5) is 4.79. The van der Waals surface area contributed by atoms with E-state index in [9.17, 15) is 0 Å². The van der Waals surface area contributed by atoms with E-state index in [1.54, 1.807) is 0 Å². The topological polar surface area (TPSA) is 41.6 Å². The molecule has 1 saturated carbocycles. The molecule has 1 aromatic heterocycles. The maximum atomic E-state index is 9.15. The predicted octanol–water partition coefficient (Wildman–Crippen LogP) is 4.49. The van der Waals surface area contributed by atoms with Crippen LogP contribution in [0.25, 0.3) is 11.0 Å². The van der Waals surface area contributed by atoms with Gasteiger partial charge in [0.25, 0.3) is 0 Å². The number of imidazole rings is 1. The second-order valence-electron chi connectivity index (χ2n) is 5.74. The molecule has 3 aromatic rings. The molecule has 0 atom stereocenters. The first-order valence-corrected chi connectivity index (χ1v) is 7.78. The Hall–Kier alpha value is -2.31. The lowest BCUT2D eigenvalue weighted by atomic mass is 10.2. The molecule has 0 spiro atoms. The third-order valence-corrected chi connectivity index (χ3v) is 4.50. The summed E-state index contributed by atoms with van der Waals surface area (Å²) in [6.45, 7) is 0.691. The Bertz CT molecular complexity index is 900. The first-order valence-electron chi connectivity index (χ1n) is 7.40. The van der Waals surface area contributed by atoms with Crippen LogP contribution in [0.5, 0.6) is 0 Å². The van der Waals surface area contributed by atoms with Crippen molar-refractivity contribution in [1.29, 1.82) is 5.26 Å².